The molecular weight excluding hydrogens is 248 g/mol. The molecule has 1 aromatic carbocycles. The zero-order valence-electron chi connectivity index (χ0n) is 11.3. The predicted octanol–water partition coefficient (Wildman–Crippen LogP) is 2.62. The second kappa shape index (κ2) is 5.69. The molecule has 2 rings (SSSR count). The maximum absolute atomic E-state index is 11.3. The van der Waals surface area contributed by atoms with Crippen molar-refractivity contribution >= 4 is 5.97 Å². The van der Waals surface area contributed by atoms with E-state index in [2.05, 4.69) is 4.74 Å². The molecular formula is C14H18O5. The first-order chi connectivity index (χ1) is 9.02. The van der Waals surface area contributed by atoms with E-state index >= 15 is 0 Å². The highest BCUT2D eigenvalue weighted by Gasteiger charge is 2.28. The van der Waals surface area contributed by atoms with Gasteiger partial charge in [-0.1, -0.05) is 12.1 Å². The number of esters is 1. The van der Waals surface area contributed by atoms with Crippen LogP contribution in [0.25, 0.3) is 0 Å². The van der Waals surface area contributed by atoms with Gasteiger partial charge in [0, 0.05) is 12.0 Å². The van der Waals surface area contributed by atoms with Crippen molar-refractivity contribution in [2.45, 2.75) is 32.2 Å². The number of carbonyl (C=O) groups is 1. The zero-order valence-corrected chi connectivity index (χ0v) is 11.3. The number of hydrogen-bond acceptors (Lipinski definition) is 5. The van der Waals surface area contributed by atoms with Gasteiger partial charge in [0.05, 0.1) is 19.3 Å². The van der Waals surface area contributed by atoms with E-state index in [9.17, 15) is 4.79 Å². The van der Waals surface area contributed by atoms with E-state index in [1.807, 2.05) is 13.8 Å². The van der Waals surface area contributed by atoms with E-state index in [0.29, 0.717) is 12.2 Å². The minimum Gasteiger partial charge on any atom is -0.465 e. The summed E-state index contributed by atoms with van der Waals surface area (Å²) in [6.45, 7) is 4.44. The van der Waals surface area contributed by atoms with Gasteiger partial charge in [-0.05, 0) is 26.0 Å². The Hall–Kier alpha value is -1.43. The molecule has 5 heteroatoms. The van der Waals surface area contributed by atoms with Crippen molar-refractivity contribution in [3.05, 3.63) is 35.4 Å². The highest BCUT2D eigenvalue weighted by Crippen LogP contribution is 2.28. The Labute approximate surface area is 112 Å². The summed E-state index contributed by atoms with van der Waals surface area (Å²) in [4.78, 5) is 22.0. The number of rotatable bonds is 2. The Morgan fingerprint density at radius 2 is 2.00 bits per heavy atom. The number of hydrogen-bond donors (Lipinski definition) is 0. The van der Waals surface area contributed by atoms with Gasteiger partial charge in [-0.3, -0.25) is 0 Å². The van der Waals surface area contributed by atoms with Crippen LogP contribution in [0.1, 0.15) is 42.5 Å². The Balaban J connectivity index is 2.08. The van der Waals surface area contributed by atoms with E-state index in [0.717, 1.165) is 12.0 Å². The minimum atomic E-state index is -0.575. The molecule has 0 radical (unpaired) electrons. The summed E-state index contributed by atoms with van der Waals surface area (Å²) in [6, 6.07) is 6.87. The Morgan fingerprint density at radius 3 is 2.63 bits per heavy atom. The second-order valence-corrected chi connectivity index (χ2v) is 5.01. The van der Waals surface area contributed by atoms with E-state index in [-0.39, 0.29) is 11.6 Å². The van der Waals surface area contributed by atoms with Gasteiger partial charge in [0.2, 0.25) is 6.29 Å². The van der Waals surface area contributed by atoms with Crippen LogP contribution in [0.2, 0.25) is 0 Å². The van der Waals surface area contributed by atoms with Crippen LogP contribution >= 0.6 is 0 Å². The molecule has 1 saturated heterocycles. The lowest BCUT2D eigenvalue weighted by Gasteiger charge is -2.20. The van der Waals surface area contributed by atoms with Crippen LogP contribution in [0.4, 0.5) is 0 Å². The molecule has 1 atom stereocenters. The standard InChI is InChI=1S/C14H18O5/c1-14(2)8-9-17-13(18-19-14)11-6-4-10(5-7-11)12(15)16-3/h4-7,13H,8-9H2,1-3H3. The van der Waals surface area contributed by atoms with Crippen LogP contribution in [0, 0.1) is 0 Å². The molecule has 1 aliphatic rings. The molecule has 0 amide bonds. The SMILES string of the molecule is COC(=O)c1ccc(C2OCCC(C)(C)OO2)cc1. The van der Waals surface area contributed by atoms with Gasteiger partial charge in [0.15, 0.2) is 0 Å². The van der Waals surface area contributed by atoms with Crippen LogP contribution in [0.15, 0.2) is 24.3 Å². The highest BCUT2D eigenvalue weighted by molar-refractivity contribution is 5.89. The fourth-order valence-corrected chi connectivity index (χ4v) is 1.70. The molecule has 0 saturated carbocycles. The molecule has 0 N–H and O–H groups in total. The van der Waals surface area contributed by atoms with Crippen LogP contribution in [-0.2, 0) is 19.2 Å². The molecule has 1 heterocycles. The Bertz CT molecular complexity index is 438. The lowest BCUT2D eigenvalue weighted by Crippen LogP contribution is -2.23. The summed E-state index contributed by atoms with van der Waals surface area (Å²) in [7, 11) is 1.35. The van der Waals surface area contributed by atoms with E-state index < -0.39 is 6.29 Å². The Morgan fingerprint density at radius 1 is 1.32 bits per heavy atom. The van der Waals surface area contributed by atoms with Gasteiger partial charge < -0.3 is 9.47 Å². The largest absolute Gasteiger partial charge is 0.465 e. The summed E-state index contributed by atoms with van der Waals surface area (Å²) in [5, 5.41) is 0. The van der Waals surface area contributed by atoms with Gasteiger partial charge >= 0.3 is 5.97 Å². The van der Waals surface area contributed by atoms with Crippen molar-refractivity contribution < 1.29 is 24.0 Å². The van der Waals surface area contributed by atoms with Gasteiger partial charge in [-0.15, -0.1) is 0 Å². The highest BCUT2D eigenvalue weighted by atomic mass is 17.2. The first-order valence-electron chi connectivity index (χ1n) is 6.16. The molecule has 1 aromatic rings. The third-order valence-electron chi connectivity index (χ3n) is 2.94. The molecule has 1 aliphatic heterocycles. The molecule has 5 nitrogen and oxygen atoms in total. The van der Waals surface area contributed by atoms with Crippen molar-refractivity contribution in [2.24, 2.45) is 0 Å². The molecule has 0 aromatic heterocycles. The number of ether oxygens (including phenoxy) is 2. The van der Waals surface area contributed by atoms with Gasteiger partial charge in [0.1, 0.15) is 5.60 Å². The number of benzene rings is 1. The minimum absolute atomic E-state index is 0.360. The average molecular weight is 266 g/mol. The molecule has 1 unspecified atom stereocenters. The van der Waals surface area contributed by atoms with E-state index in [1.165, 1.54) is 7.11 Å². The van der Waals surface area contributed by atoms with Crippen molar-refractivity contribution in [3.8, 4) is 0 Å². The fourth-order valence-electron chi connectivity index (χ4n) is 1.70. The van der Waals surface area contributed by atoms with Gasteiger partial charge in [-0.2, -0.15) is 4.89 Å². The van der Waals surface area contributed by atoms with Gasteiger partial charge in [-0.25, -0.2) is 9.68 Å². The summed E-state index contributed by atoms with van der Waals surface area (Å²) in [6.07, 6.45) is 0.178. The molecule has 0 spiro atoms. The van der Waals surface area contributed by atoms with E-state index in [1.54, 1.807) is 24.3 Å². The number of methoxy groups -OCH3 is 1. The lowest BCUT2D eigenvalue weighted by molar-refractivity contribution is -0.405. The average Bonchev–Trinajstić information content (AvgIpc) is 2.59. The topological polar surface area (TPSA) is 54.0 Å². The zero-order chi connectivity index (χ0) is 13.9. The maximum atomic E-state index is 11.3. The smallest absolute Gasteiger partial charge is 0.337 e. The van der Waals surface area contributed by atoms with Crippen LogP contribution in [0.3, 0.4) is 0 Å². The van der Waals surface area contributed by atoms with Crippen molar-refractivity contribution in [1.29, 1.82) is 0 Å². The predicted molar refractivity (Wildman–Crippen MR) is 67.3 cm³/mol. The molecule has 19 heavy (non-hydrogen) atoms. The quantitative estimate of drug-likeness (QED) is 0.608. The molecule has 104 valence electrons. The molecule has 0 bridgehead atoms. The van der Waals surface area contributed by atoms with Gasteiger partial charge in [0.25, 0.3) is 0 Å². The van der Waals surface area contributed by atoms with Crippen LogP contribution in [0.5, 0.6) is 0 Å². The third kappa shape index (κ3) is 3.53. The first kappa shape index (κ1) is 14.0. The number of carbonyl (C=O) groups excluding carboxylic acids is 1. The summed E-state index contributed by atoms with van der Waals surface area (Å²) in [5.41, 5.74) is 0.923. The summed E-state index contributed by atoms with van der Waals surface area (Å²) in [5.74, 6) is -0.369. The fraction of sp³-hybridized carbons (Fsp3) is 0.500. The monoisotopic (exact) mass is 266 g/mol. The summed E-state index contributed by atoms with van der Waals surface area (Å²) >= 11 is 0. The normalized spacial score (nSPS) is 22.6. The molecule has 1 fully saturated rings. The second-order valence-electron chi connectivity index (χ2n) is 5.01. The van der Waals surface area contributed by atoms with Crippen LogP contribution in [-0.4, -0.2) is 25.3 Å². The lowest BCUT2D eigenvalue weighted by atomic mass is 10.1. The van der Waals surface area contributed by atoms with Crippen molar-refractivity contribution in [1.82, 2.24) is 0 Å². The molecule has 0 aliphatic carbocycles. The summed E-state index contributed by atoms with van der Waals surface area (Å²) < 4.78 is 10.2. The van der Waals surface area contributed by atoms with Crippen LogP contribution < -0.4 is 0 Å². The van der Waals surface area contributed by atoms with E-state index in [4.69, 9.17) is 14.5 Å². The Kier molecular flexibility index (Phi) is 4.19. The first-order valence-corrected chi connectivity index (χ1v) is 6.16. The van der Waals surface area contributed by atoms with Crippen molar-refractivity contribution in [2.75, 3.05) is 13.7 Å². The van der Waals surface area contributed by atoms with Crippen molar-refractivity contribution in [3.63, 3.8) is 0 Å². The maximum Gasteiger partial charge on any atom is 0.337 e. The third-order valence-corrected chi connectivity index (χ3v) is 2.94.